The number of anilines is 1. The van der Waals surface area contributed by atoms with Gasteiger partial charge in [-0.1, -0.05) is 24.3 Å². The summed E-state index contributed by atoms with van der Waals surface area (Å²) in [6.45, 7) is 0. The number of nitrogens with one attached hydrogen (secondary N) is 1. The molecule has 132 valence electrons. The van der Waals surface area contributed by atoms with Crippen LogP contribution in [0.15, 0.2) is 77.5 Å². The van der Waals surface area contributed by atoms with E-state index < -0.39 is 0 Å². The zero-order chi connectivity index (χ0) is 18.2. The van der Waals surface area contributed by atoms with Crippen LogP contribution < -0.4 is 5.32 Å². The van der Waals surface area contributed by atoms with Gasteiger partial charge in [0.2, 0.25) is 5.91 Å². The third-order valence-electron chi connectivity index (χ3n) is 5.15. The van der Waals surface area contributed by atoms with Crippen LogP contribution in [0.3, 0.4) is 0 Å². The minimum atomic E-state index is -0.00611. The molecule has 0 aliphatic heterocycles. The summed E-state index contributed by atoms with van der Waals surface area (Å²) in [7, 11) is 0. The molecule has 1 aliphatic rings. The van der Waals surface area contributed by atoms with Crippen molar-refractivity contribution in [3.8, 4) is 11.3 Å². The van der Waals surface area contributed by atoms with E-state index in [9.17, 15) is 4.79 Å². The molecule has 0 radical (unpaired) electrons. The Kier molecular flexibility index (Phi) is 3.75. The molecule has 2 heterocycles. The highest BCUT2D eigenvalue weighted by molar-refractivity contribution is 5.96. The quantitative estimate of drug-likeness (QED) is 0.572. The van der Waals surface area contributed by atoms with E-state index in [4.69, 9.17) is 4.42 Å². The Morgan fingerprint density at radius 3 is 2.56 bits per heavy atom. The molecule has 0 bridgehead atoms. The molecule has 0 saturated heterocycles. The number of carbonyl (C=O) groups excluding carboxylic acids is 1. The minimum absolute atomic E-state index is 0.00611. The maximum Gasteiger partial charge on any atom is 0.228 e. The number of fused-ring (bicyclic) bond motifs is 2. The topological polar surface area (TPSA) is 55.1 Å². The Hall–Kier alpha value is -3.40. The summed E-state index contributed by atoms with van der Waals surface area (Å²) in [5, 5.41) is 4.03. The van der Waals surface area contributed by atoms with Crippen molar-refractivity contribution in [3.63, 3.8) is 0 Å². The van der Waals surface area contributed by atoms with Gasteiger partial charge in [0.15, 0.2) is 0 Å². The molecule has 1 aliphatic carbocycles. The van der Waals surface area contributed by atoms with E-state index in [0.29, 0.717) is 0 Å². The van der Waals surface area contributed by atoms with Gasteiger partial charge in [0.25, 0.3) is 0 Å². The fourth-order valence-corrected chi connectivity index (χ4v) is 3.76. The predicted molar refractivity (Wildman–Crippen MR) is 105 cm³/mol. The van der Waals surface area contributed by atoms with Crippen molar-refractivity contribution in [2.75, 3.05) is 5.32 Å². The Bertz CT molecular complexity index is 1110. The molecular weight excluding hydrogens is 336 g/mol. The van der Waals surface area contributed by atoms with Crippen molar-refractivity contribution >= 4 is 22.6 Å². The Labute approximate surface area is 156 Å². The van der Waals surface area contributed by atoms with E-state index in [-0.39, 0.29) is 11.8 Å². The number of nitrogens with zero attached hydrogens (tertiary/aromatic N) is 1. The number of benzene rings is 2. The molecule has 5 rings (SSSR count). The fourth-order valence-electron chi connectivity index (χ4n) is 3.76. The van der Waals surface area contributed by atoms with Crippen molar-refractivity contribution in [1.82, 2.24) is 4.98 Å². The summed E-state index contributed by atoms with van der Waals surface area (Å²) in [6, 6.07) is 19.9. The van der Waals surface area contributed by atoms with Gasteiger partial charge in [-0.15, -0.1) is 0 Å². The first kappa shape index (κ1) is 15.8. The van der Waals surface area contributed by atoms with E-state index in [1.54, 1.807) is 12.4 Å². The molecule has 0 unspecified atom stereocenters. The third-order valence-corrected chi connectivity index (χ3v) is 5.15. The van der Waals surface area contributed by atoms with E-state index in [1.807, 2.05) is 48.5 Å². The van der Waals surface area contributed by atoms with Crippen LogP contribution >= 0.6 is 0 Å². The second-order valence-corrected chi connectivity index (χ2v) is 6.97. The number of rotatable bonds is 3. The van der Waals surface area contributed by atoms with Crippen molar-refractivity contribution in [3.05, 3.63) is 84.2 Å². The summed E-state index contributed by atoms with van der Waals surface area (Å²) in [4.78, 5) is 16.8. The zero-order valence-corrected chi connectivity index (χ0v) is 14.7. The number of carbonyl (C=O) groups is 1. The lowest BCUT2D eigenvalue weighted by atomic mass is 10.1. The minimum Gasteiger partial charge on any atom is -0.456 e. The number of pyridine rings is 1. The number of aromatic nitrogens is 1. The Balaban J connectivity index is 1.36. The molecule has 0 fully saturated rings. The van der Waals surface area contributed by atoms with E-state index in [1.165, 1.54) is 11.1 Å². The lowest BCUT2D eigenvalue weighted by molar-refractivity contribution is -0.119. The van der Waals surface area contributed by atoms with Crippen LogP contribution in [0.25, 0.3) is 22.3 Å². The van der Waals surface area contributed by atoms with E-state index in [2.05, 4.69) is 22.4 Å². The molecule has 2 aromatic heterocycles. The van der Waals surface area contributed by atoms with Crippen molar-refractivity contribution in [1.29, 1.82) is 0 Å². The molecular formula is C23H18N2O2. The van der Waals surface area contributed by atoms with Crippen molar-refractivity contribution < 1.29 is 9.21 Å². The summed E-state index contributed by atoms with van der Waals surface area (Å²) in [6.07, 6.45) is 5.13. The van der Waals surface area contributed by atoms with Crippen LogP contribution in [0.2, 0.25) is 0 Å². The number of furan rings is 1. The van der Waals surface area contributed by atoms with Crippen LogP contribution in [0.1, 0.15) is 11.1 Å². The largest absolute Gasteiger partial charge is 0.456 e. The summed E-state index contributed by atoms with van der Waals surface area (Å²) in [5.74, 6) is 0.836. The van der Waals surface area contributed by atoms with Crippen LogP contribution in [0.4, 0.5) is 5.69 Å². The monoisotopic (exact) mass is 354 g/mol. The number of amides is 1. The van der Waals surface area contributed by atoms with Crippen molar-refractivity contribution in [2.45, 2.75) is 12.8 Å². The van der Waals surface area contributed by atoms with Crippen LogP contribution in [-0.4, -0.2) is 10.9 Å². The fraction of sp³-hybridized carbons (Fsp3) is 0.130. The lowest BCUT2D eigenvalue weighted by Gasteiger charge is -2.10. The van der Waals surface area contributed by atoms with Gasteiger partial charge in [-0.05, 0) is 60.4 Å². The normalized spacial score (nSPS) is 13.6. The lowest BCUT2D eigenvalue weighted by Crippen LogP contribution is -2.23. The highest BCUT2D eigenvalue weighted by Crippen LogP contribution is 2.30. The molecule has 1 N–H and O–H groups in total. The van der Waals surface area contributed by atoms with Gasteiger partial charge in [0.1, 0.15) is 11.3 Å². The van der Waals surface area contributed by atoms with E-state index in [0.717, 1.165) is 40.8 Å². The molecule has 1 amide bonds. The number of hydrogen-bond acceptors (Lipinski definition) is 3. The standard InChI is InChI=1S/C23H18N2O2/c26-23(19-10-15-4-1-2-5-16(15)11-19)25-20-7-8-21-18(12-20)13-22(27-21)17-6-3-9-24-14-17/h1-9,12-14,19H,10-11H2,(H,25,26). The first-order chi connectivity index (χ1) is 13.3. The first-order valence-corrected chi connectivity index (χ1v) is 9.08. The van der Waals surface area contributed by atoms with Gasteiger partial charge in [-0.25, -0.2) is 0 Å². The van der Waals surface area contributed by atoms with Gasteiger partial charge in [0, 0.05) is 34.9 Å². The molecule has 2 aromatic carbocycles. The average Bonchev–Trinajstić information content (AvgIpc) is 3.32. The van der Waals surface area contributed by atoms with E-state index >= 15 is 0 Å². The van der Waals surface area contributed by atoms with Crippen molar-refractivity contribution in [2.24, 2.45) is 5.92 Å². The zero-order valence-electron chi connectivity index (χ0n) is 14.7. The third kappa shape index (κ3) is 2.99. The first-order valence-electron chi connectivity index (χ1n) is 9.08. The maximum atomic E-state index is 12.7. The van der Waals surface area contributed by atoms with Gasteiger partial charge in [-0.3, -0.25) is 9.78 Å². The summed E-state index contributed by atoms with van der Waals surface area (Å²) < 4.78 is 5.90. The molecule has 4 aromatic rings. The van der Waals surface area contributed by atoms with Crippen LogP contribution in [0, 0.1) is 5.92 Å². The Morgan fingerprint density at radius 1 is 1.00 bits per heavy atom. The van der Waals surface area contributed by atoms with Gasteiger partial charge < -0.3 is 9.73 Å². The molecule has 27 heavy (non-hydrogen) atoms. The second kappa shape index (κ2) is 6.40. The summed E-state index contributed by atoms with van der Waals surface area (Å²) >= 11 is 0. The average molecular weight is 354 g/mol. The molecule has 4 heteroatoms. The number of hydrogen-bond donors (Lipinski definition) is 1. The smallest absolute Gasteiger partial charge is 0.228 e. The highest BCUT2D eigenvalue weighted by Gasteiger charge is 2.27. The highest BCUT2D eigenvalue weighted by atomic mass is 16.3. The van der Waals surface area contributed by atoms with Crippen LogP contribution in [0.5, 0.6) is 0 Å². The summed E-state index contributed by atoms with van der Waals surface area (Å²) in [5.41, 5.74) is 5.08. The second-order valence-electron chi connectivity index (χ2n) is 6.97. The van der Waals surface area contributed by atoms with Gasteiger partial charge in [0.05, 0.1) is 0 Å². The predicted octanol–water partition coefficient (Wildman–Crippen LogP) is 4.85. The van der Waals surface area contributed by atoms with Crippen LogP contribution in [-0.2, 0) is 17.6 Å². The maximum absolute atomic E-state index is 12.7. The Morgan fingerprint density at radius 2 is 1.81 bits per heavy atom. The molecule has 4 nitrogen and oxygen atoms in total. The molecule has 0 spiro atoms. The molecule has 0 saturated carbocycles. The van der Waals surface area contributed by atoms with Gasteiger partial charge in [-0.2, -0.15) is 0 Å². The molecule has 0 atom stereocenters. The SMILES string of the molecule is O=C(Nc1ccc2oc(-c3cccnc3)cc2c1)C1Cc2ccccc2C1. The van der Waals surface area contributed by atoms with Gasteiger partial charge >= 0.3 is 0 Å².